The average Bonchev–Trinajstić information content (AvgIpc) is 2.55. The summed E-state index contributed by atoms with van der Waals surface area (Å²) in [6, 6.07) is 11.2. The maximum Gasteiger partial charge on any atom is 0.232 e. The molecule has 0 bridgehead atoms. The predicted molar refractivity (Wildman–Crippen MR) is 90.3 cm³/mol. The van der Waals surface area contributed by atoms with Gasteiger partial charge in [0, 0.05) is 6.26 Å². The molecule has 1 aliphatic rings. The van der Waals surface area contributed by atoms with Crippen molar-refractivity contribution in [1.29, 1.82) is 0 Å². The summed E-state index contributed by atoms with van der Waals surface area (Å²) in [5.74, 6) is -1.32. The standard InChI is InChI=1S/C18H18FNO3S/c1-24(22,23)13-9-10-16(19)17(11-13)20-18(21)15-8-4-6-12-5-2-3-7-14(12)15/h2-3,5,7,9-11,15H,4,6,8H2,1H3,(H,20,21). The minimum atomic E-state index is -3.47. The molecule has 0 radical (unpaired) electrons. The van der Waals surface area contributed by atoms with E-state index in [2.05, 4.69) is 5.32 Å². The van der Waals surface area contributed by atoms with E-state index in [1.165, 1.54) is 6.07 Å². The highest BCUT2D eigenvalue weighted by Crippen LogP contribution is 2.32. The van der Waals surface area contributed by atoms with Crippen molar-refractivity contribution in [2.24, 2.45) is 0 Å². The van der Waals surface area contributed by atoms with E-state index in [1.54, 1.807) is 0 Å². The first-order valence-electron chi connectivity index (χ1n) is 7.74. The number of aryl methyl sites for hydroxylation is 1. The quantitative estimate of drug-likeness (QED) is 0.867. The van der Waals surface area contributed by atoms with E-state index in [9.17, 15) is 17.6 Å². The van der Waals surface area contributed by atoms with Crippen LogP contribution in [0.5, 0.6) is 0 Å². The summed E-state index contributed by atoms with van der Waals surface area (Å²) in [6.45, 7) is 0. The lowest BCUT2D eigenvalue weighted by molar-refractivity contribution is -0.117. The van der Waals surface area contributed by atoms with Crippen LogP contribution < -0.4 is 5.32 Å². The Bertz CT molecular complexity index is 893. The summed E-state index contributed by atoms with van der Waals surface area (Å²) in [7, 11) is -3.47. The smallest absolute Gasteiger partial charge is 0.232 e. The Kier molecular flexibility index (Phi) is 4.41. The molecule has 0 saturated carbocycles. The second-order valence-corrected chi connectivity index (χ2v) is 8.06. The van der Waals surface area contributed by atoms with Crippen molar-refractivity contribution in [3.63, 3.8) is 0 Å². The van der Waals surface area contributed by atoms with E-state index < -0.39 is 15.7 Å². The van der Waals surface area contributed by atoms with Gasteiger partial charge in [-0.05, 0) is 48.6 Å². The molecule has 0 aliphatic heterocycles. The van der Waals surface area contributed by atoms with Gasteiger partial charge < -0.3 is 5.32 Å². The number of rotatable bonds is 3. The second-order valence-electron chi connectivity index (χ2n) is 6.05. The molecule has 2 aromatic carbocycles. The van der Waals surface area contributed by atoms with E-state index >= 15 is 0 Å². The molecule has 0 spiro atoms. The maximum absolute atomic E-state index is 14.0. The molecule has 1 amide bonds. The fourth-order valence-corrected chi connectivity index (χ4v) is 3.72. The van der Waals surface area contributed by atoms with Crippen molar-refractivity contribution in [2.45, 2.75) is 30.1 Å². The van der Waals surface area contributed by atoms with E-state index in [0.717, 1.165) is 42.4 Å². The van der Waals surface area contributed by atoms with Gasteiger partial charge in [-0.2, -0.15) is 0 Å². The molecule has 0 heterocycles. The molecular formula is C18H18FNO3S. The van der Waals surface area contributed by atoms with Gasteiger partial charge in [0.2, 0.25) is 5.91 Å². The van der Waals surface area contributed by atoms with Crippen LogP contribution in [-0.4, -0.2) is 20.6 Å². The van der Waals surface area contributed by atoms with Gasteiger partial charge in [0.25, 0.3) is 0 Å². The first-order chi connectivity index (χ1) is 11.4. The van der Waals surface area contributed by atoms with Crippen LogP contribution in [-0.2, 0) is 21.1 Å². The van der Waals surface area contributed by atoms with Gasteiger partial charge in [-0.15, -0.1) is 0 Å². The zero-order valence-electron chi connectivity index (χ0n) is 13.3. The fraction of sp³-hybridized carbons (Fsp3) is 0.278. The van der Waals surface area contributed by atoms with Gasteiger partial charge in [0.1, 0.15) is 5.82 Å². The number of carbonyl (C=O) groups excluding carboxylic acids is 1. The molecule has 2 aromatic rings. The summed E-state index contributed by atoms with van der Waals surface area (Å²) < 4.78 is 37.2. The topological polar surface area (TPSA) is 63.2 Å². The zero-order chi connectivity index (χ0) is 17.3. The predicted octanol–water partition coefficient (Wildman–Crippen LogP) is 3.29. The Labute approximate surface area is 140 Å². The minimum Gasteiger partial charge on any atom is -0.323 e. The maximum atomic E-state index is 14.0. The Morgan fingerprint density at radius 3 is 2.71 bits per heavy atom. The van der Waals surface area contributed by atoms with Crippen molar-refractivity contribution >= 4 is 21.4 Å². The van der Waals surface area contributed by atoms with E-state index in [0.29, 0.717) is 6.42 Å². The van der Waals surface area contributed by atoms with Crippen LogP contribution >= 0.6 is 0 Å². The van der Waals surface area contributed by atoms with E-state index in [1.807, 2.05) is 24.3 Å². The molecule has 1 aliphatic carbocycles. The van der Waals surface area contributed by atoms with Crippen LogP contribution in [0.1, 0.15) is 29.9 Å². The van der Waals surface area contributed by atoms with E-state index in [4.69, 9.17) is 0 Å². The van der Waals surface area contributed by atoms with Gasteiger partial charge >= 0.3 is 0 Å². The molecule has 1 N–H and O–H groups in total. The number of sulfone groups is 1. The van der Waals surface area contributed by atoms with Crippen molar-refractivity contribution < 1.29 is 17.6 Å². The van der Waals surface area contributed by atoms with Crippen molar-refractivity contribution in [3.8, 4) is 0 Å². The minimum absolute atomic E-state index is 0.0248. The molecule has 6 heteroatoms. The first-order valence-corrected chi connectivity index (χ1v) is 9.63. The number of hydrogen-bond donors (Lipinski definition) is 1. The number of amides is 1. The molecule has 1 unspecified atom stereocenters. The Morgan fingerprint density at radius 2 is 1.96 bits per heavy atom. The van der Waals surface area contributed by atoms with Gasteiger partial charge in [-0.3, -0.25) is 4.79 Å². The van der Waals surface area contributed by atoms with Crippen LogP contribution in [0.3, 0.4) is 0 Å². The monoisotopic (exact) mass is 347 g/mol. The highest BCUT2D eigenvalue weighted by atomic mass is 32.2. The number of carbonyl (C=O) groups is 1. The number of benzene rings is 2. The number of anilines is 1. The summed E-state index contributed by atoms with van der Waals surface area (Å²) in [4.78, 5) is 12.6. The summed E-state index contributed by atoms with van der Waals surface area (Å²) in [6.07, 6.45) is 3.55. The van der Waals surface area contributed by atoms with Crippen molar-refractivity contribution in [3.05, 3.63) is 59.4 Å². The molecule has 3 rings (SSSR count). The SMILES string of the molecule is CS(=O)(=O)c1ccc(F)c(NC(=O)C2CCCc3ccccc32)c1. The molecule has 126 valence electrons. The number of nitrogens with one attached hydrogen (secondary N) is 1. The lowest BCUT2D eigenvalue weighted by Crippen LogP contribution is -2.25. The largest absolute Gasteiger partial charge is 0.323 e. The van der Waals surface area contributed by atoms with E-state index in [-0.39, 0.29) is 22.4 Å². The third kappa shape index (κ3) is 3.33. The third-order valence-corrected chi connectivity index (χ3v) is 5.42. The summed E-state index contributed by atoms with van der Waals surface area (Å²) in [5.41, 5.74) is 1.99. The molecule has 0 saturated heterocycles. The van der Waals surface area contributed by atoms with Crippen LogP contribution in [0.2, 0.25) is 0 Å². The average molecular weight is 347 g/mol. The van der Waals surface area contributed by atoms with Crippen LogP contribution in [0.25, 0.3) is 0 Å². The Balaban J connectivity index is 1.89. The molecule has 4 nitrogen and oxygen atoms in total. The van der Waals surface area contributed by atoms with Crippen molar-refractivity contribution in [1.82, 2.24) is 0 Å². The lowest BCUT2D eigenvalue weighted by atomic mass is 9.82. The zero-order valence-corrected chi connectivity index (χ0v) is 14.1. The highest BCUT2D eigenvalue weighted by molar-refractivity contribution is 7.90. The highest BCUT2D eigenvalue weighted by Gasteiger charge is 2.27. The summed E-state index contributed by atoms with van der Waals surface area (Å²) in [5, 5.41) is 2.55. The first kappa shape index (κ1) is 16.6. The number of fused-ring (bicyclic) bond motifs is 1. The number of hydrogen-bond acceptors (Lipinski definition) is 3. The Morgan fingerprint density at radius 1 is 1.21 bits per heavy atom. The number of halogens is 1. The van der Waals surface area contributed by atoms with Gasteiger partial charge in [0.05, 0.1) is 16.5 Å². The molecular weight excluding hydrogens is 329 g/mol. The fourth-order valence-electron chi connectivity index (χ4n) is 3.08. The molecule has 1 atom stereocenters. The van der Waals surface area contributed by atoms with Crippen LogP contribution in [0, 0.1) is 5.82 Å². The molecule has 24 heavy (non-hydrogen) atoms. The van der Waals surface area contributed by atoms with Gasteiger partial charge in [-0.25, -0.2) is 12.8 Å². The Hall–Kier alpha value is -2.21. The van der Waals surface area contributed by atoms with Crippen LogP contribution in [0.4, 0.5) is 10.1 Å². The lowest BCUT2D eigenvalue weighted by Gasteiger charge is -2.24. The van der Waals surface area contributed by atoms with Crippen LogP contribution in [0.15, 0.2) is 47.4 Å². The summed E-state index contributed by atoms with van der Waals surface area (Å²) >= 11 is 0. The molecule has 0 fully saturated rings. The van der Waals surface area contributed by atoms with Gasteiger partial charge in [-0.1, -0.05) is 24.3 Å². The second kappa shape index (κ2) is 6.36. The third-order valence-electron chi connectivity index (χ3n) is 4.31. The normalized spacial score (nSPS) is 17.2. The van der Waals surface area contributed by atoms with Crippen molar-refractivity contribution in [2.75, 3.05) is 11.6 Å². The van der Waals surface area contributed by atoms with Gasteiger partial charge in [0.15, 0.2) is 9.84 Å². The molecule has 0 aromatic heterocycles.